The first-order chi connectivity index (χ1) is 13.2. The second-order valence-electron chi connectivity index (χ2n) is 7.19. The molecule has 2 N–H and O–H groups in total. The van der Waals surface area contributed by atoms with E-state index >= 15 is 0 Å². The van der Waals surface area contributed by atoms with E-state index in [1.807, 2.05) is 54.6 Å². The molecule has 2 aliphatic heterocycles. The topological polar surface area (TPSA) is 62.8 Å². The number of fused-ring (bicyclic) bond motifs is 1. The van der Waals surface area contributed by atoms with Crippen LogP contribution in [0.5, 0.6) is 11.5 Å². The number of rotatable bonds is 4. The molecule has 4 rings (SSSR count). The number of morpholine rings is 1. The van der Waals surface area contributed by atoms with Crippen molar-refractivity contribution in [2.75, 3.05) is 25.0 Å². The molecule has 2 aromatic rings. The van der Waals surface area contributed by atoms with Crippen molar-refractivity contribution in [3.8, 4) is 11.5 Å². The summed E-state index contributed by atoms with van der Waals surface area (Å²) in [4.78, 5) is 14.9. The first kappa shape index (κ1) is 17.8. The van der Waals surface area contributed by atoms with Crippen LogP contribution in [0.1, 0.15) is 13.3 Å². The molecule has 0 radical (unpaired) electrons. The van der Waals surface area contributed by atoms with E-state index in [4.69, 9.17) is 9.47 Å². The minimum Gasteiger partial charge on any atom is -0.455 e. The van der Waals surface area contributed by atoms with Crippen molar-refractivity contribution in [2.45, 2.75) is 31.5 Å². The molecule has 3 atom stereocenters. The summed E-state index contributed by atoms with van der Waals surface area (Å²) in [7, 11) is 0. The quantitative estimate of drug-likeness (QED) is 0.869. The molecule has 0 aromatic heterocycles. The fraction of sp³-hybridized carbons (Fsp3) is 0.381. The second kappa shape index (κ2) is 7.98. The maximum atomic E-state index is 12.5. The average molecular weight is 367 g/mol. The molecule has 0 bridgehead atoms. The van der Waals surface area contributed by atoms with Crippen LogP contribution >= 0.6 is 0 Å². The number of anilines is 1. The van der Waals surface area contributed by atoms with Crippen molar-refractivity contribution in [2.24, 2.45) is 0 Å². The third-order valence-electron chi connectivity index (χ3n) is 5.03. The predicted octanol–water partition coefficient (Wildman–Crippen LogP) is 3.46. The fourth-order valence-corrected chi connectivity index (χ4v) is 3.76. The number of hydrogen-bond donors (Lipinski definition) is 2. The van der Waals surface area contributed by atoms with Crippen molar-refractivity contribution in [1.82, 2.24) is 10.2 Å². The van der Waals surface area contributed by atoms with E-state index in [1.165, 1.54) is 0 Å². The predicted molar refractivity (Wildman–Crippen MR) is 104 cm³/mol. The van der Waals surface area contributed by atoms with E-state index in [1.54, 1.807) is 0 Å². The number of urea groups is 1. The molecule has 2 heterocycles. The summed E-state index contributed by atoms with van der Waals surface area (Å²) in [5.74, 6) is 1.35. The summed E-state index contributed by atoms with van der Waals surface area (Å²) in [6.45, 7) is 4.63. The van der Waals surface area contributed by atoms with Crippen LogP contribution in [0.2, 0.25) is 0 Å². The Morgan fingerprint density at radius 1 is 1.11 bits per heavy atom. The Balaban J connectivity index is 1.36. The maximum Gasteiger partial charge on any atom is 0.319 e. The zero-order valence-corrected chi connectivity index (χ0v) is 15.4. The smallest absolute Gasteiger partial charge is 0.319 e. The van der Waals surface area contributed by atoms with Crippen molar-refractivity contribution in [1.29, 1.82) is 0 Å². The van der Waals surface area contributed by atoms with E-state index in [0.29, 0.717) is 17.5 Å². The Bertz CT molecular complexity index is 783. The first-order valence-corrected chi connectivity index (χ1v) is 9.42. The Hall–Kier alpha value is -2.57. The highest BCUT2D eigenvalue weighted by Crippen LogP contribution is 2.29. The summed E-state index contributed by atoms with van der Waals surface area (Å²) in [6, 6.07) is 17.3. The second-order valence-corrected chi connectivity index (χ2v) is 7.19. The minimum absolute atomic E-state index is 0.131. The highest BCUT2D eigenvalue weighted by atomic mass is 16.5. The summed E-state index contributed by atoms with van der Waals surface area (Å²) >= 11 is 0. The molecule has 0 aliphatic carbocycles. The van der Waals surface area contributed by atoms with Gasteiger partial charge in [0.05, 0.1) is 18.4 Å². The molecular weight excluding hydrogens is 342 g/mol. The normalized spacial score (nSPS) is 24.9. The van der Waals surface area contributed by atoms with Crippen molar-refractivity contribution in [3.63, 3.8) is 0 Å². The van der Waals surface area contributed by atoms with Gasteiger partial charge in [-0.2, -0.15) is 0 Å². The van der Waals surface area contributed by atoms with Crippen molar-refractivity contribution >= 4 is 11.7 Å². The molecule has 0 unspecified atom stereocenters. The van der Waals surface area contributed by atoms with E-state index < -0.39 is 0 Å². The molecule has 2 fully saturated rings. The van der Waals surface area contributed by atoms with Crippen LogP contribution in [-0.2, 0) is 4.74 Å². The number of para-hydroxylation sites is 3. The average Bonchev–Trinajstić information content (AvgIpc) is 3.05. The van der Waals surface area contributed by atoms with E-state index in [9.17, 15) is 4.79 Å². The molecule has 0 saturated carbocycles. The van der Waals surface area contributed by atoms with Gasteiger partial charge in [-0.15, -0.1) is 0 Å². The SMILES string of the molecule is C[C@@H]1CN2C[C@@H](NC(=O)Nc3ccccc3Oc3ccccc3)C[C@H]2CO1. The lowest BCUT2D eigenvalue weighted by Crippen LogP contribution is -2.45. The third-order valence-corrected chi connectivity index (χ3v) is 5.03. The lowest BCUT2D eigenvalue weighted by molar-refractivity contribution is -0.0390. The number of benzene rings is 2. The molecular formula is C21H25N3O3. The van der Waals surface area contributed by atoms with E-state index in [0.717, 1.165) is 31.9 Å². The first-order valence-electron chi connectivity index (χ1n) is 9.42. The number of carbonyl (C=O) groups is 1. The number of nitrogens with zero attached hydrogens (tertiary/aromatic N) is 1. The van der Waals surface area contributed by atoms with Gasteiger partial charge >= 0.3 is 6.03 Å². The van der Waals surface area contributed by atoms with Crippen LogP contribution in [0.4, 0.5) is 10.5 Å². The van der Waals surface area contributed by atoms with Gasteiger partial charge in [-0.25, -0.2) is 4.79 Å². The van der Waals surface area contributed by atoms with Gasteiger partial charge in [0.25, 0.3) is 0 Å². The fourth-order valence-electron chi connectivity index (χ4n) is 3.76. The molecule has 2 saturated heterocycles. The third kappa shape index (κ3) is 4.40. The van der Waals surface area contributed by atoms with Crippen LogP contribution in [0, 0.1) is 0 Å². The number of nitrogens with one attached hydrogen (secondary N) is 2. The standard InChI is InChI=1S/C21H25N3O3/c1-15-12-24-13-16(11-17(24)14-26-15)22-21(25)23-19-9-5-6-10-20(19)27-18-7-3-2-4-8-18/h2-10,15-17H,11-14H2,1H3,(H2,22,23,25)/t15-,16+,17+/m1/s1. The Labute approximate surface area is 159 Å². The summed E-state index contributed by atoms with van der Waals surface area (Å²) in [5, 5.41) is 6.01. The summed E-state index contributed by atoms with van der Waals surface area (Å²) < 4.78 is 11.6. The molecule has 27 heavy (non-hydrogen) atoms. The number of carbonyl (C=O) groups excluding carboxylic acids is 1. The Morgan fingerprint density at radius 2 is 1.89 bits per heavy atom. The van der Waals surface area contributed by atoms with Gasteiger partial charge in [0.1, 0.15) is 5.75 Å². The molecule has 2 amide bonds. The van der Waals surface area contributed by atoms with Gasteiger partial charge in [0, 0.05) is 25.2 Å². The Kier molecular flexibility index (Phi) is 5.27. The van der Waals surface area contributed by atoms with Crippen LogP contribution < -0.4 is 15.4 Å². The number of amides is 2. The highest BCUT2D eigenvalue weighted by molar-refractivity contribution is 5.91. The lowest BCUT2D eigenvalue weighted by atomic mass is 10.1. The van der Waals surface area contributed by atoms with Crippen molar-refractivity contribution in [3.05, 3.63) is 54.6 Å². The van der Waals surface area contributed by atoms with E-state index in [2.05, 4.69) is 22.5 Å². The molecule has 6 heteroatoms. The molecule has 2 aromatic carbocycles. The minimum atomic E-state index is -0.210. The largest absolute Gasteiger partial charge is 0.455 e. The van der Waals surface area contributed by atoms with E-state index in [-0.39, 0.29) is 18.2 Å². The number of ether oxygens (including phenoxy) is 2. The maximum absolute atomic E-state index is 12.5. The van der Waals surface area contributed by atoms with Crippen LogP contribution in [0.25, 0.3) is 0 Å². The monoisotopic (exact) mass is 367 g/mol. The zero-order valence-electron chi connectivity index (χ0n) is 15.4. The van der Waals surface area contributed by atoms with Gasteiger partial charge in [0.2, 0.25) is 0 Å². The summed E-state index contributed by atoms with van der Waals surface area (Å²) in [6.07, 6.45) is 1.18. The van der Waals surface area contributed by atoms with Gasteiger partial charge in [-0.3, -0.25) is 4.90 Å². The van der Waals surface area contributed by atoms with Crippen LogP contribution in [0.15, 0.2) is 54.6 Å². The molecule has 142 valence electrons. The van der Waals surface area contributed by atoms with Gasteiger partial charge in [0.15, 0.2) is 5.75 Å². The lowest BCUT2D eigenvalue weighted by Gasteiger charge is -2.33. The van der Waals surface area contributed by atoms with Crippen LogP contribution in [-0.4, -0.2) is 48.8 Å². The highest BCUT2D eigenvalue weighted by Gasteiger charge is 2.36. The summed E-state index contributed by atoms with van der Waals surface area (Å²) in [5.41, 5.74) is 0.645. The molecule has 6 nitrogen and oxygen atoms in total. The Morgan fingerprint density at radius 3 is 2.74 bits per heavy atom. The van der Waals surface area contributed by atoms with Gasteiger partial charge in [-0.1, -0.05) is 30.3 Å². The van der Waals surface area contributed by atoms with Gasteiger partial charge < -0.3 is 20.1 Å². The van der Waals surface area contributed by atoms with Gasteiger partial charge in [-0.05, 0) is 37.6 Å². The van der Waals surface area contributed by atoms with Crippen LogP contribution in [0.3, 0.4) is 0 Å². The number of hydrogen-bond acceptors (Lipinski definition) is 4. The molecule has 0 spiro atoms. The van der Waals surface area contributed by atoms with Crippen molar-refractivity contribution < 1.29 is 14.3 Å². The zero-order chi connectivity index (χ0) is 18.6. The molecule has 2 aliphatic rings.